The Kier molecular flexibility index (Phi) is 5.16. The van der Waals surface area contributed by atoms with E-state index in [1.807, 2.05) is 12.1 Å². The van der Waals surface area contributed by atoms with Crippen molar-refractivity contribution in [3.8, 4) is 5.75 Å². The standard InChI is InChI=1S/C22H24OSi/c1-24(16-19-10-4-2-5-11-19,17-20-12-6-3-7-13-20)18-21-14-8-9-15-22(21)23/h2-15,23H,16-18H2,1H3. The molecular formula is C22H24OSi. The van der Waals surface area contributed by atoms with Crippen LogP contribution < -0.4 is 0 Å². The van der Waals surface area contributed by atoms with Gasteiger partial charge in [-0.15, -0.1) is 0 Å². The molecule has 0 saturated heterocycles. The largest absolute Gasteiger partial charge is 0.508 e. The van der Waals surface area contributed by atoms with Crippen LogP contribution in [0.25, 0.3) is 0 Å². The molecule has 0 amide bonds. The fourth-order valence-corrected chi connectivity index (χ4v) is 7.52. The minimum absolute atomic E-state index is 0.428. The molecule has 0 bridgehead atoms. The van der Waals surface area contributed by atoms with Crippen LogP contribution in [0.15, 0.2) is 84.9 Å². The van der Waals surface area contributed by atoms with Gasteiger partial charge in [-0.1, -0.05) is 96.5 Å². The first-order valence-electron chi connectivity index (χ1n) is 8.49. The number of hydrogen-bond donors (Lipinski definition) is 1. The molecule has 1 nitrogen and oxygen atoms in total. The van der Waals surface area contributed by atoms with Crippen LogP contribution in [0.5, 0.6) is 5.75 Å². The van der Waals surface area contributed by atoms with Gasteiger partial charge in [0.1, 0.15) is 5.75 Å². The van der Waals surface area contributed by atoms with Crippen molar-refractivity contribution in [1.82, 2.24) is 0 Å². The predicted molar refractivity (Wildman–Crippen MR) is 104 cm³/mol. The lowest BCUT2D eigenvalue weighted by Gasteiger charge is -2.28. The average molecular weight is 333 g/mol. The van der Waals surface area contributed by atoms with E-state index in [2.05, 4.69) is 73.3 Å². The van der Waals surface area contributed by atoms with Crippen molar-refractivity contribution in [2.45, 2.75) is 24.7 Å². The first-order valence-corrected chi connectivity index (χ1v) is 11.6. The average Bonchev–Trinajstić information content (AvgIpc) is 2.58. The van der Waals surface area contributed by atoms with Crippen molar-refractivity contribution in [2.24, 2.45) is 0 Å². The monoisotopic (exact) mass is 332 g/mol. The van der Waals surface area contributed by atoms with Crippen LogP contribution in [0.1, 0.15) is 16.7 Å². The summed E-state index contributed by atoms with van der Waals surface area (Å²) in [6, 6.07) is 32.5. The van der Waals surface area contributed by atoms with Crippen LogP contribution in [0.3, 0.4) is 0 Å². The van der Waals surface area contributed by atoms with Crippen molar-refractivity contribution in [3.05, 3.63) is 102 Å². The molecular weight excluding hydrogens is 308 g/mol. The third-order valence-corrected chi connectivity index (χ3v) is 8.31. The van der Waals surface area contributed by atoms with Gasteiger partial charge >= 0.3 is 0 Å². The minimum Gasteiger partial charge on any atom is -0.508 e. The number of rotatable bonds is 6. The molecule has 0 fully saturated rings. The van der Waals surface area contributed by atoms with Crippen LogP contribution in [-0.2, 0) is 18.1 Å². The van der Waals surface area contributed by atoms with Gasteiger partial charge in [0.15, 0.2) is 0 Å². The fourth-order valence-electron chi connectivity index (χ4n) is 3.48. The highest BCUT2D eigenvalue weighted by atomic mass is 28.3. The highest BCUT2D eigenvalue weighted by molar-refractivity contribution is 6.77. The molecule has 0 unspecified atom stereocenters. The number of hydrogen-bond acceptors (Lipinski definition) is 1. The van der Waals surface area contributed by atoms with Crippen molar-refractivity contribution in [2.75, 3.05) is 0 Å². The summed E-state index contributed by atoms with van der Waals surface area (Å²) in [5.41, 5.74) is 3.88. The maximum atomic E-state index is 10.2. The summed E-state index contributed by atoms with van der Waals surface area (Å²) in [4.78, 5) is 0. The molecule has 0 aliphatic heterocycles. The molecule has 0 heterocycles. The SMILES string of the molecule is C[Si](Cc1ccccc1)(Cc1ccccc1)Cc1ccccc1O. The van der Waals surface area contributed by atoms with Gasteiger partial charge < -0.3 is 5.11 Å². The Bertz CT molecular complexity index is 727. The lowest BCUT2D eigenvalue weighted by atomic mass is 10.2. The van der Waals surface area contributed by atoms with E-state index >= 15 is 0 Å². The highest BCUT2D eigenvalue weighted by Crippen LogP contribution is 2.26. The van der Waals surface area contributed by atoms with Crippen molar-refractivity contribution >= 4 is 8.07 Å². The fraction of sp³-hybridized carbons (Fsp3) is 0.182. The molecule has 0 aliphatic rings. The second-order valence-electron chi connectivity index (χ2n) is 6.94. The zero-order chi connectivity index (χ0) is 16.8. The summed E-state index contributed by atoms with van der Waals surface area (Å²) in [6.07, 6.45) is 0. The van der Waals surface area contributed by atoms with Gasteiger partial charge in [-0.3, -0.25) is 0 Å². The number of benzene rings is 3. The number of aromatic hydroxyl groups is 1. The lowest BCUT2D eigenvalue weighted by molar-refractivity contribution is 0.470. The molecule has 3 aromatic rings. The maximum Gasteiger partial charge on any atom is 0.118 e. The van der Waals surface area contributed by atoms with Gasteiger partial charge in [0, 0.05) is 0 Å². The van der Waals surface area contributed by atoms with E-state index in [-0.39, 0.29) is 0 Å². The van der Waals surface area contributed by atoms with Gasteiger partial charge in [-0.2, -0.15) is 0 Å². The van der Waals surface area contributed by atoms with E-state index in [1.165, 1.54) is 11.1 Å². The van der Waals surface area contributed by atoms with E-state index in [9.17, 15) is 5.11 Å². The number of para-hydroxylation sites is 1. The Morgan fingerprint density at radius 2 is 1.08 bits per heavy atom. The summed E-state index contributed by atoms with van der Waals surface area (Å²) in [5, 5.41) is 10.2. The summed E-state index contributed by atoms with van der Waals surface area (Å²) < 4.78 is 0. The van der Waals surface area contributed by atoms with E-state index < -0.39 is 8.07 Å². The van der Waals surface area contributed by atoms with Crippen molar-refractivity contribution in [3.63, 3.8) is 0 Å². The van der Waals surface area contributed by atoms with Gasteiger partial charge in [-0.25, -0.2) is 0 Å². The number of phenolic OH excluding ortho intramolecular Hbond substituents is 1. The Labute approximate surface area is 145 Å². The Morgan fingerprint density at radius 3 is 1.58 bits per heavy atom. The molecule has 122 valence electrons. The third kappa shape index (κ3) is 4.36. The molecule has 24 heavy (non-hydrogen) atoms. The minimum atomic E-state index is -1.66. The Hall–Kier alpha value is -2.32. The predicted octanol–water partition coefficient (Wildman–Crippen LogP) is 5.12. The molecule has 0 saturated carbocycles. The molecule has 3 aromatic carbocycles. The summed E-state index contributed by atoms with van der Waals surface area (Å²) in [7, 11) is -1.66. The molecule has 3 rings (SSSR count). The topological polar surface area (TPSA) is 20.2 Å². The van der Waals surface area contributed by atoms with Gasteiger partial charge in [-0.05, 0) is 29.8 Å². The molecule has 0 spiro atoms. The first kappa shape index (κ1) is 16.5. The molecule has 0 atom stereocenters. The zero-order valence-electron chi connectivity index (χ0n) is 14.2. The van der Waals surface area contributed by atoms with Crippen LogP contribution in [0.2, 0.25) is 6.55 Å². The Morgan fingerprint density at radius 1 is 0.625 bits per heavy atom. The second kappa shape index (κ2) is 7.50. The van der Waals surface area contributed by atoms with Crippen LogP contribution in [-0.4, -0.2) is 13.2 Å². The van der Waals surface area contributed by atoms with Gasteiger partial charge in [0.25, 0.3) is 0 Å². The zero-order valence-corrected chi connectivity index (χ0v) is 15.2. The third-order valence-electron chi connectivity index (χ3n) is 4.56. The normalized spacial score (nSPS) is 11.4. The molecule has 0 radical (unpaired) electrons. The van der Waals surface area contributed by atoms with E-state index in [0.717, 1.165) is 23.7 Å². The molecule has 1 N–H and O–H groups in total. The molecule has 2 heteroatoms. The second-order valence-corrected chi connectivity index (χ2v) is 11.6. The summed E-state index contributed by atoms with van der Waals surface area (Å²) in [5.74, 6) is 0.428. The van der Waals surface area contributed by atoms with Crippen molar-refractivity contribution < 1.29 is 5.11 Å². The van der Waals surface area contributed by atoms with Crippen LogP contribution in [0, 0.1) is 0 Å². The van der Waals surface area contributed by atoms with Crippen LogP contribution >= 0.6 is 0 Å². The summed E-state index contributed by atoms with van der Waals surface area (Å²) in [6.45, 7) is 2.46. The van der Waals surface area contributed by atoms with E-state index in [0.29, 0.717) is 5.75 Å². The highest BCUT2D eigenvalue weighted by Gasteiger charge is 2.29. The number of phenols is 1. The Balaban J connectivity index is 1.89. The lowest BCUT2D eigenvalue weighted by Crippen LogP contribution is -2.40. The van der Waals surface area contributed by atoms with Gasteiger partial charge in [0.2, 0.25) is 0 Å². The maximum absolute atomic E-state index is 10.2. The van der Waals surface area contributed by atoms with Crippen LogP contribution in [0.4, 0.5) is 0 Å². The molecule has 0 aliphatic carbocycles. The van der Waals surface area contributed by atoms with E-state index in [4.69, 9.17) is 0 Å². The van der Waals surface area contributed by atoms with Gasteiger partial charge in [0.05, 0.1) is 8.07 Å². The quantitative estimate of drug-likeness (QED) is 0.621. The molecule has 0 aromatic heterocycles. The smallest absolute Gasteiger partial charge is 0.118 e. The summed E-state index contributed by atoms with van der Waals surface area (Å²) >= 11 is 0. The first-order chi connectivity index (χ1) is 11.6. The van der Waals surface area contributed by atoms with E-state index in [1.54, 1.807) is 6.07 Å². The van der Waals surface area contributed by atoms with Crippen molar-refractivity contribution in [1.29, 1.82) is 0 Å².